The molecule has 0 saturated heterocycles. The summed E-state index contributed by atoms with van der Waals surface area (Å²) in [6.45, 7) is 0.492. The number of nitrogens with two attached hydrogens (primary N) is 1. The van der Waals surface area contributed by atoms with Crippen molar-refractivity contribution in [2.75, 3.05) is 24.3 Å². The van der Waals surface area contributed by atoms with Crippen molar-refractivity contribution >= 4 is 17.6 Å². The van der Waals surface area contributed by atoms with Crippen molar-refractivity contribution < 1.29 is 9.13 Å². The largest absolute Gasteiger partial charge is 0.463 e. The number of nitrogen functional groups attached to an aromatic ring is 1. The number of aromatic nitrogens is 2. The van der Waals surface area contributed by atoms with E-state index in [9.17, 15) is 4.39 Å². The molecule has 72 valence electrons. The first kappa shape index (κ1) is 10.0. The fraction of sp³-hybridized carbons (Fsp3) is 0.429. The molecule has 2 N–H and O–H groups in total. The van der Waals surface area contributed by atoms with E-state index in [0.29, 0.717) is 6.61 Å². The minimum absolute atomic E-state index is 0.118. The molecule has 0 radical (unpaired) electrons. The number of ether oxygens (including phenoxy) is 1. The standard InChI is InChI=1S/C7H10FN3OS/c1-13-3-2-12-7-10-4-5(8)6(9)11-7/h4H,2-3H2,1H3,(H2,9,10,11). The molecule has 4 nitrogen and oxygen atoms in total. The smallest absolute Gasteiger partial charge is 0.318 e. The topological polar surface area (TPSA) is 61.0 Å². The Morgan fingerprint density at radius 1 is 1.69 bits per heavy atom. The summed E-state index contributed by atoms with van der Waals surface area (Å²) in [4.78, 5) is 7.22. The first-order valence-corrected chi connectivity index (χ1v) is 5.03. The molecule has 0 spiro atoms. The second-order valence-corrected chi connectivity index (χ2v) is 3.21. The van der Waals surface area contributed by atoms with Crippen LogP contribution in [0, 0.1) is 5.82 Å². The number of anilines is 1. The summed E-state index contributed by atoms with van der Waals surface area (Å²) in [5.41, 5.74) is 5.21. The van der Waals surface area contributed by atoms with E-state index in [2.05, 4.69) is 9.97 Å². The Balaban J connectivity index is 2.53. The number of hydrogen-bond acceptors (Lipinski definition) is 5. The second kappa shape index (κ2) is 4.86. The number of thioether (sulfide) groups is 1. The quantitative estimate of drug-likeness (QED) is 0.738. The molecule has 0 aromatic carbocycles. The van der Waals surface area contributed by atoms with Gasteiger partial charge in [0.1, 0.15) is 6.61 Å². The Bertz CT molecular complexity index is 284. The maximum atomic E-state index is 12.6. The summed E-state index contributed by atoms with van der Waals surface area (Å²) >= 11 is 1.64. The molecule has 1 aromatic rings. The SMILES string of the molecule is CSCCOc1ncc(F)c(N)n1. The Kier molecular flexibility index (Phi) is 3.75. The van der Waals surface area contributed by atoms with E-state index in [1.807, 2.05) is 6.26 Å². The number of hydrogen-bond donors (Lipinski definition) is 1. The van der Waals surface area contributed by atoms with Crippen LogP contribution in [0.1, 0.15) is 0 Å². The lowest BCUT2D eigenvalue weighted by Crippen LogP contribution is -2.05. The van der Waals surface area contributed by atoms with Gasteiger partial charge in [-0.25, -0.2) is 9.37 Å². The van der Waals surface area contributed by atoms with Gasteiger partial charge in [-0.15, -0.1) is 0 Å². The van der Waals surface area contributed by atoms with Crippen LogP contribution in [0.2, 0.25) is 0 Å². The normalized spacial score (nSPS) is 10.0. The molecule has 0 aliphatic carbocycles. The van der Waals surface area contributed by atoms with Crippen molar-refractivity contribution in [1.29, 1.82) is 0 Å². The zero-order valence-electron chi connectivity index (χ0n) is 7.16. The number of halogens is 1. The number of nitrogens with zero attached hydrogens (tertiary/aromatic N) is 2. The third-order valence-electron chi connectivity index (χ3n) is 1.27. The lowest BCUT2D eigenvalue weighted by atomic mass is 10.6. The van der Waals surface area contributed by atoms with Gasteiger partial charge in [0.25, 0.3) is 0 Å². The minimum atomic E-state index is -0.628. The molecule has 0 saturated carbocycles. The van der Waals surface area contributed by atoms with Gasteiger partial charge < -0.3 is 10.5 Å². The maximum absolute atomic E-state index is 12.6. The van der Waals surface area contributed by atoms with E-state index in [1.54, 1.807) is 11.8 Å². The molecule has 0 bridgehead atoms. The lowest BCUT2D eigenvalue weighted by Gasteiger charge is -2.02. The van der Waals surface area contributed by atoms with Gasteiger partial charge in [-0.2, -0.15) is 16.7 Å². The highest BCUT2D eigenvalue weighted by Gasteiger charge is 2.02. The highest BCUT2D eigenvalue weighted by atomic mass is 32.2. The Morgan fingerprint density at radius 3 is 3.08 bits per heavy atom. The Labute approximate surface area is 79.7 Å². The molecular formula is C7H10FN3OS. The third-order valence-corrected chi connectivity index (χ3v) is 1.84. The third kappa shape index (κ3) is 3.06. The molecule has 1 heterocycles. The lowest BCUT2D eigenvalue weighted by molar-refractivity contribution is 0.315. The van der Waals surface area contributed by atoms with E-state index in [1.165, 1.54) is 0 Å². The van der Waals surface area contributed by atoms with E-state index in [0.717, 1.165) is 11.9 Å². The van der Waals surface area contributed by atoms with Crippen LogP contribution in [0.25, 0.3) is 0 Å². The van der Waals surface area contributed by atoms with Gasteiger partial charge >= 0.3 is 6.01 Å². The zero-order valence-corrected chi connectivity index (χ0v) is 7.97. The summed E-state index contributed by atoms with van der Waals surface area (Å²) in [6.07, 6.45) is 2.96. The molecule has 0 atom stereocenters. The zero-order chi connectivity index (χ0) is 9.68. The van der Waals surface area contributed by atoms with Crippen LogP contribution >= 0.6 is 11.8 Å². The van der Waals surface area contributed by atoms with Crippen molar-refractivity contribution in [3.63, 3.8) is 0 Å². The van der Waals surface area contributed by atoms with Gasteiger partial charge in [-0.1, -0.05) is 0 Å². The van der Waals surface area contributed by atoms with Gasteiger partial charge in [0.2, 0.25) is 0 Å². The second-order valence-electron chi connectivity index (χ2n) is 2.23. The molecule has 0 aliphatic heterocycles. The summed E-state index contributed by atoms with van der Waals surface area (Å²) in [6, 6.07) is 0.118. The van der Waals surface area contributed by atoms with Crippen LogP contribution < -0.4 is 10.5 Å². The predicted octanol–water partition coefficient (Wildman–Crippen LogP) is 0.940. The van der Waals surface area contributed by atoms with Crippen molar-refractivity contribution in [2.24, 2.45) is 0 Å². The van der Waals surface area contributed by atoms with Crippen molar-refractivity contribution in [3.8, 4) is 6.01 Å². The summed E-state index contributed by atoms with van der Waals surface area (Å²) < 4.78 is 17.7. The first-order valence-electron chi connectivity index (χ1n) is 3.64. The van der Waals surface area contributed by atoms with Gasteiger partial charge in [-0.05, 0) is 6.26 Å². The molecule has 0 aliphatic rings. The summed E-state index contributed by atoms with van der Waals surface area (Å²) in [5, 5.41) is 0. The van der Waals surface area contributed by atoms with Gasteiger partial charge in [0, 0.05) is 5.75 Å². The Morgan fingerprint density at radius 2 is 2.46 bits per heavy atom. The van der Waals surface area contributed by atoms with Crippen LogP contribution in [0.3, 0.4) is 0 Å². The van der Waals surface area contributed by atoms with Gasteiger partial charge in [-0.3, -0.25) is 0 Å². The van der Waals surface area contributed by atoms with E-state index >= 15 is 0 Å². The van der Waals surface area contributed by atoms with Gasteiger partial charge in [0.05, 0.1) is 6.20 Å². The highest BCUT2D eigenvalue weighted by Crippen LogP contribution is 2.09. The molecule has 13 heavy (non-hydrogen) atoms. The minimum Gasteiger partial charge on any atom is -0.463 e. The van der Waals surface area contributed by atoms with Crippen molar-refractivity contribution in [2.45, 2.75) is 0 Å². The van der Waals surface area contributed by atoms with Crippen LogP contribution in [-0.4, -0.2) is 28.6 Å². The Hall–Kier alpha value is -1.04. The van der Waals surface area contributed by atoms with Crippen LogP contribution in [0.5, 0.6) is 6.01 Å². The molecule has 0 amide bonds. The van der Waals surface area contributed by atoms with Gasteiger partial charge in [0.15, 0.2) is 11.6 Å². The molecule has 0 fully saturated rings. The average molecular weight is 203 g/mol. The first-order chi connectivity index (χ1) is 6.24. The summed E-state index contributed by atoms with van der Waals surface area (Å²) in [5.74, 6) is 0.0204. The maximum Gasteiger partial charge on any atom is 0.318 e. The predicted molar refractivity (Wildman–Crippen MR) is 50.3 cm³/mol. The van der Waals surface area contributed by atoms with Crippen LogP contribution in [0.15, 0.2) is 6.20 Å². The highest BCUT2D eigenvalue weighted by molar-refractivity contribution is 7.98. The van der Waals surface area contributed by atoms with Crippen molar-refractivity contribution in [3.05, 3.63) is 12.0 Å². The van der Waals surface area contributed by atoms with Crippen LogP contribution in [-0.2, 0) is 0 Å². The fourth-order valence-electron chi connectivity index (χ4n) is 0.649. The molecule has 6 heteroatoms. The van der Waals surface area contributed by atoms with E-state index in [4.69, 9.17) is 10.5 Å². The van der Waals surface area contributed by atoms with Crippen LogP contribution in [0.4, 0.5) is 10.2 Å². The molecule has 1 rings (SSSR count). The fourth-order valence-corrected chi connectivity index (χ4v) is 0.899. The monoisotopic (exact) mass is 203 g/mol. The molecular weight excluding hydrogens is 193 g/mol. The van der Waals surface area contributed by atoms with E-state index in [-0.39, 0.29) is 11.8 Å². The molecule has 0 unspecified atom stereocenters. The molecule has 1 aromatic heterocycles. The average Bonchev–Trinajstić information content (AvgIpc) is 2.12. The summed E-state index contributed by atoms with van der Waals surface area (Å²) in [7, 11) is 0. The van der Waals surface area contributed by atoms with Crippen molar-refractivity contribution in [1.82, 2.24) is 9.97 Å². The van der Waals surface area contributed by atoms with E-state index < -0.39 is 5.82 Å². The number of rotatable bonds is 4.